The lowest BCUT2D eigenvalue weighted by molar-refractivity contribution is 0.0636. The van der Waals surface area contributed by atoms with Gasteiger partial charge in [0.15, 0.2) is 5.82 Å². The van der Waals surface area contributed by atoms with Gasteiger partial charge in [0.2, 0.25) is 5.95 Å². The van der Waals surface area contributed by atoms with E-state index in [2.05, 4.69) is 30.5 Å². The topological polar surface area (TPSA) is 78.9 Å². The molecule has 1 unspecified atom stereocenters. The van der Waals surface area contributed by atoms with Crippen LogP contribution in [0.3, 0.4) is 0 Å². The summed E-state index contributed by atoms with van der Waals surface area (Å²) in [6.45, 7) is 2.31. The highest BCUT2D eigenvalue weighted by molar-refractivity contribution is 6.30. The molecule has 138 valence electrons. The standard InChI is InChI=1S/C19H20ClN7/c20-13-2-1-3-14(9-13)24-18-17-15(22-11-23-18)10-21-19(26-17)25-16-8-12-4-6-27(16)7-5-12/h1-3,9-12,16H,4-8H2,(H,21,25,26)(H,22,23,24). The Morgan fingerprint density at radius 2 is 2.00 bits per heavy atom. The normalized spacial score (nSPS) is 24.1. The van der Waals surface area contributed by atoms with E-state index in [0.29, 0.717) is 34.0 Å². The highest BCUT2D eigenvalue weighted by Gasteiger charge is 2.33. The molecule has 5 heterocycles. The third-order valence-electron chi connectivity index (χ3n) is 5.41. The molecular weight excluding hydrogens is 362 g/mol. The highest BCUT2D eigenvalue weighted by Crippen LogP contribution is 2.32. The molecule has 1 atom stereocenters. The monoisotopic (exact) mass is 381 g/mol. The largest absolute Gasteiger partial charge is 0.339 e. The molecule has 0 saturated carbocycles. The third kappa shape index (κ3) is 3.40. The average Bonchev–Trinajstić information content (AvgIpc) is 2.69. The van der Waals surface area contributed by atoms with Crippen LogP contribution in [0.1, 0.15) is 19.3 Å². The van der Waals surface area contributed by atoms with E-state index in [0.717, 1.165) is 31.1 Å². The zero-order chi connectivity index (χ0) is 18.2. The lowest BCUT2D eigenvalue weighted by atomic mass is 9.86. The predicted molar refractivity (Wildman–Crippen MR) is 106 cm³/mol. The Hall–Kier alpha value is -2.51. The second kappa shape index (κ2) is 6.90. The van der Waals surface area contributed by atoms with E-state index in [1.165, 1.54) is 19.2 Å². The molecule has 0 spiro atoms. The molecule has 8 heteroatoms. The van der Waals surface area contributed by atoms with E-state index in [9.17, 15) is 0 Å². The molecule has 3 aromatic rings. The van der Waals surface area contributed by atoms with Gasteiger partial charge < -0.3 is 10.6 Å². The Kier molecular flexibility index (Phi) is 4.26. The van der Waals surface area contributed by atoms with Gasteiger partial charge in [-0.2, -0.15) is 0 Å². The van der Waals surface area contributed by atoms with Crippen molar-refractivity contribution in [1.29, 1.82) is 0 Å². The smallest absolute Gasteiger partial charge is 0.224 e. The van der Waals surface area contributed by atoms with E-state index < -0.39 is 0 Å². The van der Waals surface area contributed by atoms with Gasteiger partial charge in [-0.3, -0.25) is 4.90 Å². The van der Waals surface area contributed by atoms with Crippen LogP contribution in [0.15, 0.2) is 36.8 Å². The molecule has 0 aliphatic carbocycles. The molecule has 2 N–H and O–H groups in total. The van der Waals surface area contributed by atoms with E-state index in [-0.39, 0.29) is 0 Å². The minimum atomic E-state index is 0.309. The van der Waals surface area contributed by atoms with Crippen molar-refractivity contribution in [2.75, 3.05) is 23.7 Å². The SMILES string of the molecule is Clc1cccc(Nc2ncnc3cnc(NC4CC5CCN4CC5)nc23)c1. The number of aromatic nitrogens is 4. The number of rotatable bonds is 4. The van der Waals surface area contributed by atoms with E-state index >= 15 is 0 Å². The fourth-order valence-electron chi connectivity index (χ4n) is 3.98. The van der Waals surface area contributed by atoms with Gasteiger partial charge in [-0.05, 0) is 43.4 Å². The number of hydrogen-bond donors (Lipinski definition) is 2. The number of piperidine rings is 3. The number of nitrogens with zero attached hydrogens (tertiary/aromatic N) is 5. The lowest BCUT2D eigenvalue weighted by Gasteiger charge is -2.45. The van der Waals surface area contributed by atoms with E-state index in [4.69, 9.17) is 16.6 Å². The summed E-state index contributed by atoms with van der Waals surface area (Å²) in [7, 11) is 0. The van der Waals surface area contributed by atoms with Crippen LogP contribution in [-0.2, 0) is 0 Å². The van der Waals surface area contributed by atoms with Gasteiger partial charge in [-0.15, -0.1) is 0 Å². The molecule has 1 aromatic carbocycles. The first kappa shape index (κ1) is 16.6. The minimum absolute atomic E-state index is 0.309. The molecule has 2 aromatic heterocycles. The Morgan fingerprint density at radius 3 is 2.78 bits per heavy atom. The summed E-state index contributed by atoms with van der Waals surface area (Å²) in [5.41, 5.74) is 2.24. The summed E-state index contributed by atoms with van der Waals surface area (Å²) >= 11 is 6.08. The molecule has 3 aliphatic heterocycles. The Morgan fingerprint density at radius 1 is 1.11 bits per heavy atom. The highest BCUT2D eigenvalue weighted by atomic mass is 35.5. The Labute approximate surface area is 162 Å². The van der Waals surface area contributed by atoms with Crippen LogP contribution in [0.25, 0.3) is 11.0 Å². The Bertz CT molecular complexity index is 971. The quantitative estimate of drug-likeness (QED) is 0.713. The van der Waals surface area contributed by atoms with Crippen LogP contribution in [0.4, 0.5) is 17.5 Å². The van der Waals surface area contributed by atoms with Crippen LogP contribution in [0.2, 0.25) is 5.02 Å². The molecule has 27 heavy (non-hydrogen) atoms. The van der Waals surface area contributed by atoms with E-state index in [1.54, 1.807) is 6.20 Å². The maximum Gasteiger partial charge on any atom is 0.224 e. The van der Waals surface area contributed by atoms with Crippen molar-refractivity contribution in [3.63, 3.8) is 0 Å². The molecular formula is C19H20ClN7. The third-order valence-corrected chi connectivity index (χ3v) is 5.64. The molecule has 0 radical (unpaired) electrons. The average molecular weight is 382 g/mol. The van der Waals surface area contributed by atoms with Crippen LogP contribution in [0, 0.1) is 5.92 Å². The van der Waals surface area contributed by atoms with Crippen molar-refractivity contribution in [2.45, 2.75) is 25.4 Å². The number of hydrogen-bond acceptors (Lipinski definition) is 7. The summed E-state index contributed by atoms with van der Waals surface area (Å²) < 4.78 is 0. The minimum Gasteiger partial charge on any atom is -0.339 e. The van der Waals surface area contributed by atoms with Gasteiger partial charge in [0, 0.05) is 23.8 Å². The second-order valence-corrected chi connectivity index (χ2v) is 7.60. The molecule has 0 amide bonds. The Balaban J connectivity index is 1.44. The van der Waals surface area contributed by atoms with Crippen molar-refractivity contribution in [3.8, 4) is 0 Å². The maximum atomic E-state index is 6.08. The first-order chi connectivity index (χ1) is 13.2. The predicted octanol–water partition coefficient (Wildman–Crippen LogP) is 3.67. The molecule has 3 fully saturated rings. The van der Waals surface area contributed by atoms with Crippen LogP contribution < -0.4 is 10.6 Å². The van der Waals surface area contributed by atoms with Crippen LogP contribution in [0.5, 0.6) is 0 Å². The van der Waals surface area contributed by atoms with Gasteiger partial charge in [-0.25, -0.2) is 19.9 Å². The van der Waals surface area contributed by atoms with Crippen molar-refractivity contribution in [1.82, 2.24) is 24.8 Å². The van der Waals surface area contributed by atoms with Gasteiger partial charge >= 0.3 is 0 Å². The molecule has 6 rings (SSSR count). The van der Waals surface area contributed by atoms with Gasteiger partial charge in [0.25, 0.3) is 0 Å². The summed E-state index contributed by atoms with van der Waals surface area (Å²) in [5.74, 6) is 2.07. The number of fused-ring (bicyclic) bond motifs is 4. The van der Waals surface area contributed by atoms with Gasteiger partial charge in [0.05, 0.1) is 12.4 Å². The fourth-order valence-corrected chi connectivity index (χ4v) is 4.17. The van der Waals surface area contributed by atoms with Gasteiger partial charge in [0.1, 0.15) is 17.4 Å². The first-order valence-electron chi connectivity index (χ1n) is 9.25. The summed E-state index contributed by atoms with van der Waals surface area (Å²) in [6, 6.07) is 7.51. The second-order valence-electron chi connectivity index (χ2n) is 7.16. The van der Waals surface area contributed by atoms with Crippen molar-refractivity contribution in [3.05, 3.63) is 41.8 Å². The molecule has 2 bridgehead atoms. The van der Waals surface area contributed by atoms with Crippen LogP contribution in [-0.4, -0.2) is 44.1 Å². The van der Waals surface area contributed by atoms with Crippen LogP contribution >= 0.6 is 11.6 Å². The summed E-state index contributed by atoms with van der Waals surface area (Å²) in [5, 5.41) is 7.45. The fraction of sp³-hybridized carbons (Fsp3) is 0.368. The number of halogens is 1. The summed E-state index contributed by atoms with van der Waals surface area (Å²) in [6.07, 6.45) is 7.32. The van der Waals surface area contributed by atoms with Crippen molar-refractivity contribution in [2.24, 2.45) is 5.92 Å². The lowest BCUT2D eigenvalue weighted by Crippen LogP contribution is -2.52. The number of benzene rings is 1. The molecule has 7 nitrogen and oxygen atoms in total. The first-order valence-corrected chi connectivity index (χ1v) is 9.63. The number of anilines is 3. The van der Waals surface area contributed by atoms with Gasteiger partial charge in [-0.1, -0.05) is 17.7 Å². The van der Waals surface area contributed by atoms with E-state index in [1.807, 2.05) is 24.3 Å². The number of nitrogens with one attached hydrogen (secondary N) is 2. The summed E-state index contributed by atoms with van der Waals surface area (Å²) in [4.78, 5) is 20.3. The zero-order valence-corrected chi connectivity index (χ0v) is 15.5. The molecule has 3 saturated heterocycles. The van der Waals surface area contributed by atoms with Crippen molar-refractivity contribution < 1.29 is 0 Å². The molecule has 3 aliphatic rings. The zero-order valence-electron chi connectivity index (χ0n) is 14.8. The maximum absolute atomic E-state index is 6.08. The van der Waals surface area contributed by atoms with Crippen molar-refractivity contribution >= 4 is 40.1 Å².